The quantitative estimate of drug-likeness (QED) is 0.683. The number of carbonyl (C=O) groups excluding carboxylic acids is 3. The molecule has 1 atom stereocenters. The van der Waals surface area contributed by atoms with Crippen LogP contribution in [0.1, 0.15) is 21.5 Å². The van der Waals surface area contributed by atoms with Crippen molar-refractivity contribution < 1.29 is 19.1 Å². The summed E-state index contributed by atoms with van der Waals surface area (Å²) in [5.41, 5.74) is 2.30. The lowest BCUT2D eigenvalue weighted by Gasteiger charge is -2.26. The highest BCUT2D eigenvalue weighted by Crippen LogP contribution is 2.07. The largest absolute Gasteiger partial charge is 0.445 e. The zero-order valence-corrected chi connectivity index (χ0v) is 14.0. The first-order valence-corrected chi connectivity index (χ1v) is 8.24. The van der Waals surface area contributed by atoms with Gasteiger partial charge in [0.25, 0.3) is 5.91 Å². The molecule has 1 aliphatic heterocycles. The van der Waals surface area contributed by atoms with Crippen LogP contribution < -0.4 is 16.0 Å². The summed E-state index contributed by atoms with van der Waals surface area (Å²) in [6.45, 7) is 0.937. The van der Waals surface area contributed by atoms with Crippen molar-refractivity contribution in [2.24, 2.45) is 0 Å². The molecule has 2 aromatic carbocycles. The molecule has 1 aliphatic rings. The third-order valence-corrected chi connectivity index (χ3v) is 3.97. The lowest BCUT2D eigenvalue weighted by Crippen LogP contribution is -2.61. The summed E-state index contributed by atoms with van der Waals surface area (Å²) in [4.78, 5) is 34.8. The molecule has 2 aromatic rings. The number of alkyl carbamates (subject to hydrolysis) is 1. The fourth-order valence-corrected chi connectivity index (χ4v) is 2.37. The van der Waals surface area contributed by atoms with Gasteiger partial charge < -0.3 is 20.7 Å². The molecule has 1 heterocycles. The maximum atomic E-state index is 12.1. The Bertz CT molecular complexity index is 790. The number of hydrogen-bond acceptors (Lipinski definition) is 4. The molecule has 7 heteroatoms. The SMILES string of the molecule is O=C(NC1CNC1=O)OCc1ccc(C(=O)NCc2ccccc2)cc1. The topological polar surface area (TPSA) is 96.5 Å². The second-order valence-corrected chi connectivity index (χ2v) is 5.88. The average molecular weight is 353 g/mol. The van der Waals surface area contributed by atoms with Crippen LogP contribution in [0.4, 0.5) is 4.79 Å². The maximum Gasteiger partial charge on any atom is 0.408 e. The second-order valence-electron chi connectivity index (χ2n) is 5.88. The zero-order valence-electron chi connectivity index (χ0n) is 14.0. The third kappa shape index (κ3) is 4.60. The molecule has 0 aromatic heterocycles. The van der Waals surface area contributed by atoms with Gasteiger partial charge in [-0.1, -0.05) is 42.5 Å². The Morgan fingerprint density at radius 2 is 1.77 bits per heavy atom. The van der Waals surface area contributed by atoms with Gasteiger partial charge in [0.05, 0.1) is 0 Å². The van der Waals surface area contributed by atoms with Gasteiger partial charge in [-0.25, -0.2) is 4.79 Å². The molecule has 0 bridgehead atoms. The molecule has 3 amide bonds. The molecule has 1 unspecified atom stereocenters. The van der Waals surface area contributed by atoms with Crippen LogP contribution in [0.15, 0.2) is 54.6 Å². The highest BCUT2D eigenvalue weighted by Gasteiger charge is 2.29. The minimum atomic E-state index is -0.644. The van der Waals surface area contributed by atoms with E-state index in [1.165, 1.54) is 0 Å². The molecule has 3 rings (SSSR count). The summed E-state index contributed by atoms with van der Waals surface area (Å²) in [5.74, 6) is -0.386. The summed E-state index contributed by atoms with van der Waals surface area (Å²) in [5, 5.41) is 7.84. The average Bonchev–Trinajstić information content (AvgIpc) is 2.68. The highest BCUT2D eigenvalue weighted by molar-refractivity contribution is 5.94. The Morgan fingerprint density at radius 3 is 2.38 bits per heavy atom. The van der Waals surface area contributed by atoms with Crippen molar-refractivity contribution in [1.82, 2.24) is 16.0 Å². The molecule has 1 saturated heterocycles. The standard InChI is InChI=1S/C19H19N3O4/c23-17(20-10-13-4-2-1-3-5-13)15-8-6-14(7-9-15)12-26-19(25)22-16-11-21-18(16)24/h1-9,16H,10-12H2,(H,20,23)(H,21,24)(H,22,25). The van der Waals surface area contributed by atoms with E-state index in [0.29, 0.717) is 18.7 Å². The Kier molecular flexibility index (Phi) is 5.48. The Balaban J connectivity index is 1.44. The molecule has 0 aliphatic carbocycles. The van der Waals surface area contributed by atoms with E-state index in [1.807, 2.05) is 30.3 Å². The summed E-state index contributed by atoms with van der Waals surface area (Å²) >= 11 is 0. The molecule has 134 valence electrons. The summed E-state index contributed by atoms with van der Waals surface area (Å²) in [6, 6.07) is 15.9. The minimum Gasteiger partial charge on any atom is -0.445 e. The number of amides is 3. The number of nitrogens with one attached hydrogen (secondary N) is 3. The van der Waals surface area contributed by atoms with Gasteiger partial charge in [-0.2, -0.15) is 0 Å². The van der Waals surface area contributed by atoms with Gasteiger partial charge in [0.2, 0.25) is 5.91 Å². The van der Waals surface area contributed by atoms with Crippen molar-refractivity contribution in [2.45, 2.75) is 19.2 Å². The van der Waals surface area contributed by atoms with E-state index >= 15 is 0 Å². The first-order chi connectivity index (χ1) is 12.6. The zero-order chi connectivity index (χ0) is 18.4. The van der Waals surface area contributed by atoms with Gasteiger partial charge in [-0.05, 0) is 23.3 Å². The van der Waals surface area contributed by atoms with Crippen LogP contribution in [-0.4, -0.2) is 30.5 Å². The highest BCUT2D eigenvalue weighted by atomic mass is 16.5. The number of benzene rings is 2. The number of hydrogen-bond donors (Lipinski definition) is 3. The lowest BCUT2D eigenvalue weighted by molar-refractivity contribution is -0.128. The monoisotopic (exact) mass is 353 g/mol. The van der Waals surface area contributed by atoms with Gasteiger partial charge >= 0.3 is 6.09 Å². The number of carbonyl (C=O) groups is 3. The van der Waals surface area contributed by atoms with Crippen LogP contribution >= 0.6 is 0 Å². The Labute approximate surface area is 150 Å². The molecule has 7 nitrogen and oxygen atoms in total. The van der Waals surface area contributed by atoms with Gasteiger partial charge in [0.15, 0.2) is 0 Å². The van der Waals surface area contributed by atoms with Crippen LogP contribution in [-0.2, 0) is 22.7 Å². The van der Waals surface area contributed by atoms with Crippen LogP contribution in [0.25, 0.3) is 0 Å². The van der Waals surface area contributed by atoms with Gasteiger partial charge in [0.1, 0.15) is 12.6 Å². The minimum absolute atomic E-state index is 0.0616. The molecule has 0 radical (unpaired) electrons. The van der Waals surface area contributed by atoms with E-state index < -0.39 is 12.1 Å². The molecule has 1 fully saturated rings. The predicted molar refractivity (Wildman–Crippen MR) is 94.2 cm³/mol. The molecule has 0 saturated carbocycles. The van der Waals surface area contributed by atoms with E-state index in [2.05, 4.69) is 16.0 Å². The first-order valence-electron chi connectivity index (χ1n) is 8.24. The fraction of sp³-hybridized carbons (Fsp3) is 0.211. The number of rotatable bonds is 6. The smallest absolute Gasteiger partial charge is 0.408 e. The van der Waals surface area contributed by atoms with Crippen molar-refractivity contribution in [3.8, 4) is 0 Å². The lowest BCUT2D eigenvalue weighted by atomic mass is 10.1. The Morgan fingerprint density at radius 1 is 1.04 bits per heavy atom. The Hall–Kier alpha value is -3.35. The molecule has 3 N–H and O–H groups in total. The van der Waals surface area contributed by atoms with Crippen molar-refractivity contribution in [3.63, 3.8) is 0 Å². The van der Waals surface area contributed by atoms with E-state index in [9.17, 15) is 14.4 Å². The van der Waals surface area contributed by atoms with Crippen molar-refractivity contribution in [2.75, 3.05) is 6.54 Å². The molecule has 0 spiro atoms. The van der Waals surface area contributed by atoms with Gasteiger partial charge in [-0.3, -0.25) is 9.59 Å². The number of ether oxygens (including phenoxy) is 1. The van der Waals surface area contributed by atoms with E-state index in [4.69, 9.17) is 4.74 Å². The number of β-lactam (4-membered cyclic amide) rings is 1. The van der Waals surface area contributed by atoms with E-state index in [0.717, 1.165) is 11.1 Å². The summed E-state index contributed by atoms with van der Waals surface area (Å²) in [6.07, 6.45) is -0.644. The normalized spacial score (nSPS) is 15.4. The van der Waals surface area contributed by atoms with E-state index in [-0.39, 0.29) is 18.4 Å². The predicted octanol–water partition coefficient (Wildman–Crippen LogP) is 1.34. The van der Waals surface area contributed by atoms with Gasteiger partial charge in [0, 0.05) is 18.7 Å². The summed E-state index contributed by atoms with van der Waals surface area (Å²) in [7, 11) is 0. The third-order valence-electron chi connectivity index (χ3n) is 3.97. The van der Waals surface area contributed by atoms with Crippen molar-refractivity contribution in [1.29, 1.82) is 0 Å². The molecular formula is C19H19N3O4. The molecule has 26 heavy (non-hydrogen) atoms. The van der Waals surface area contributed by atoms with Crippen LogP contribution in [0.3, 0.4) is 0 Å². The summed E-state index contributed by atoms with van der Waals surface area (Å²) < 4.78 is 5.06. The first kappa shape index (κ1) is 17.5. The van der Waals surface area contributed by atoms with Crippen LogP contribution in [0.2, 0.25) is 0 Å². The second kappa shape index (κ2) is 8.15. The van der Waals surface area contributed by atoms with Crippen LogP contribution in [0, 0.1) is 0 Å². The fourth-order valence-electron chi connectivity index (χ4n) is 2.37. The van der Waals surface area contributed by atoms with Crippen molar-refractivity contribution >= 4 is 17.9 Å². The van der Waals surface area contributed by atoms with Gasteiger partial charge in [-0.15, -0.1) is 0 Å². The van der Waals surface area contributed by atoms with E-state index in [1.54, 1.807) is 24.3 Å². The molecular weight excluding hydrogens is 334 g/mol. The maximum absolute atomic E-state index is 12.1. The van der Waals surface area contributed by atoms with Crippen LogP contribution in [0.5, 0.6) is 0 Å². The van der Waals surface area contributed by atoms with Crippen molar-refractivity contribution in [3.05, 3.63) is 71.3 Å².